The maximum atomic E-state index is 12.8. The van der Waals surface area contributed by atoms with Crippen LogP contribution in [0, 0.1) is 11.3 Å². The first-order valence-corrected chi connectivity index (χ1v) is 10.6. The summed E-state index contributed by atoms with van der Waals surface area (Å²) in [7, 11) is 0. The molecule has 2 amide bonds. The van der Waals surface area contributed by atoms with E-state index in [0.717, 1.165) is 47.3 Å². The molecule has 2 aliphatic heterocycles. The minimum atomic E-state index is -0.0843. The van der Waals surface area contributed by atoms with Gasteiger partial charge in [0.15, 0.2) is 0 Å². The van der Waals surface area contributed by atoms with Crippen LogP contribution in [-0.2, 0) is 0 Å². The summed E-state index contributed by atoms with van der Waals surface area (Å²) >= 11 is 1.35. The van der Waals surface area contributed by atoms with Gasteiger partial charge in [0.25, 0.3) is 0 Å². The van der Waals surface area contributed by atoms with E-state index in [1.807, 2.05) is 29.2 Å². The number of benzene rings is 1. The van der Waals surface area contributed by atoms with Crippen LogP contribution in [0.3, 0.4) is 0 Å². The number of hydrogen-bond donors (Lipinski definition) is 2. The molecule has 150 valence electrons. The lowest BCUT2D eigenvalue weighted by Gasteiger charge is -2.40. The van der Waals surface area contributed by atoms with E-state index in [2.05, 4.69) is 34.1 Å². The second kappa shape index (κ2) is 6.62. The summed E-state index contributed by atoms with van der Waals surface area (Å²) in [5.41, 5.74) is 1.13. The van der Waals surface area contributed by atoms with Gasteiger partial charge in [0.05, 0.1) is 10.6 Å². The summed E-state index contributed by atoms with van der Waals surface area (Å²) in [6, 6.07) is 7.83. The van der Waals surface area contributed by atoms with Gasteiger partial charge in [-0.3, -0.25) is 10.7 Å². The Morgan fingerprint density at radius 1 is 1.38 bits per heavy atom. The number of carbonyl (C=O) groups is 1. The van der Waals surface area contributed by atoms with Crippen molar-refractivity contribution in [2.75, 3.05) is 25.0 Å². The summed E-state index contributed by atoms with van der Waals surface area (Å²) in [6.07, 6.45) is 7.40. The fourth-order valence-corrected chi connectivity index (χ4v) is 5.07. The van der Waals surface area contributed by atoms with Crippen LogP contribution in [0.25, 0.3) is 15.7 Å². The predicted octanol–water partition coefficient (Wildman–Crippen LogP) is 4.62. The Balaban J connectivity index is 0.00000218. The van der Waals surface area contributed by atoms with Crippen molar-refractivity contribution < 1.29 is 6.22 Å². The Kier molecular flexibility index (Phi) is 4.17. The molecule has 0 radical (unpaired) electrons. The zero-order chi connectivity index (χ0) is 20.2. The van der Waals surface area contributed by atoms with E-state index in [1.165, 1.54) is 11.8 Å². The van der Waals surface area contributed by atoms with E-state index in [-0.39, 0.29) is 13.0 Å². The van der Waals surface area contributed by atoms with Crippen molar-refractivity contribution >= 4 is 44.3 Å². The second-order valence-corrected chi connectivity index (χ2v) is 9.32. The van der Waals surface area contributed by atoms with E-state index in [1.54, 1.807) is 13.1 Å². The highest BCUT2D eigenvalue weighted by atomic mass is 32.2. The lowest BCUT2D eigenvalue weighted by molar-refractivity contribution is 0.119. The third-order valence-corrected chi connectivity index (χ3v) is 6.88. The molecule has 2 N–H and O–H groups in total. The number of pyridine rings is 1. The number of fused-ring (bicyclic) bond motifs is 1. The first-order chi connectivity index (χ1) is 13.9. The van der Waals surface area contributed by atoms with E-state index >= 15 is 0 Å². The van der Waals surface area contributed by atoms with Gasteiger partial charge in [0.2, 0.25) is 0 Å². The molecule has 1 aliphatic carbocycles. The molecule has 1 aromatic heterocycles. The van der Waals surface area contributed by atoms with Gasteiger partial charge < -0.3 is 9.80 Å². The first kappa shape index (κ1) is 18.2. The molecule has 1 saturated carbocycles. The average molecular weight is 408 g/mol. The molecule has 0 bridgehead atoms. The van der Waals surface area contributed by atoms with Crippen LogP contribution in [0.1, 0.15) is 20.3 Å². The van der Waals surface area contributed by atoms with Gasteiger partial charge in [-0.2, -0.15) is 0 Å². The van der Waals surface area contributed by atoms with Gasteiger partial charge >= 0.3 is 6.03 Å². The molecule has 1 spiro atoms. The van der Waals surface area contributed by atoms with Gasteiger partial charge in [-0.1, -0.05) is 36.5 Å². The molecule has 2 fully saturated rings. The molecule has 6 nitrogen and oxygen atoms in total. The Morgan fingerprint density at radius 2 is 2.24 bits per heavy atom. The molecule has 2 unspecified atom stereocenters. The Labute approximate surface area is 175 Å². The molecule has 3 heterocycles. The number of nitrogens with one attached hydrogen (secondary N) is 2. The number of rotatable bonds is 3. The van der Waals surface area contributed by atoms with E-state index in [0.29, 0.717) is 16.8 Å². The molecule has 2 atom stereocenters. The number of amides is 2. The highest BCUT2D eigenvalue weighted by Gasteiger charge is 2.61. The number of piperazine rings is 1. The molecule has 29 heavy (non-hydrogen) atoms. The smallest absolute Gasteiger partial charge is 0.323 e. The van der Waals surface area contributed by atoms with Crippen molar-refractivity contribution in [3.05, 3.63) is 54.9 Å². The second-order valence-electron chi connectivity index (χ2n) is 8.01. The predicted molar refractivity (Wildman–Crippen MR) is 121 cm³/mol. The largest absolute Gasteiger partial charge is 0.368 e. The van der Waals surface area contributed by atoms with Gasteiger partial charge in [-0.05, 0) is 42.6 Å². The molecule has 5 rings (SSSR count). The van der Waals surface area contributed by atoms with Crippen LogP contribution in [0.5, 0.6) is 0 Å². The molecule has 1 aromatic carbocycles. The molecular weight excluding hydrogens is 382 g/mol. The third kappa shape index (κ3) is 3.19. The number of aromatic nitrogens is 1. The monoisotopic (exact) mass is 407 g/mol. The highest BCUT2D eigenvalue weighted by Crippen LogP contribution is 2.55. The minimum absolute atomic E-state index is 0. The van der Waals surface area contributed by atoms with Crippen molar-refractivity contribution in [2.24, 2.45) is 5.92 Å². The zero-order valence-electron chi connectivity index (χ0n) is 16.3. The fourth-order valence-electron chi connectivity index (χ4n) is 4.45. The van der Waals surface area contributed by atoms with Crippen molar-refractivity contribution in [3.8, 4) is 0 Å². The third-order valence-electron chi connectivity index (χ3n) is 6.09. The number of thioether (sulfide) groups is 1. The van der Waals surface area contributed by atoms with Crippen LogP contribution >= 0.6 is 11.8 Å². The average Bonchev–Trinajstić information content (AvgIpc) is 3.27. The number of hydrogen-bond acceptors (Lipinski definition) is 5. The van der Waals surface area contributed by atoms with Crippen molar-refractivity contribution in [1.29, 1.82) is 5.41 Å². The van der Waals surface area contributed by atoms with Crippen molar-refractivity contribution in [3.63, 3.8) is 0 Å². The normalized spacial score (nSPS) is 24.2. The molecule has 7 heteroatoms. The topological polar surface area (TPSA) is 72.3 Å². The summed E-state index contributed by atoms with van der Waals surface area (Å²) in [5.74, 6) is 1.16. The number of anilines is 1. The number of nitrogens with zero attached hydrogens (tertiary/aromatic N) is 3. The number of urea groups is 1. The summed E-state index contributed by atoms with van der Waals surface area (Å²) in [6.45, 7) is 8.20. The first-order valence-electron chi connectivity index (χ1n) is 9.78. The maximum absolute atomic E-state index is 12.8. The van der Waals surface area contributed by atoms with E-state index in [4.69, 9.17) is 5.41 Å². The quantitative estimate of drug-likeness (QED) is 0.575. The fraction of sp³-hybridized carbons (Fsp3) is 0.318. The minimum Gasteiger partial charge on any atom is -0.368 e. The van der Waals surface area contributed by atoms with Crippen LogP contribution in [0.15, 0.2) is 49.3 Å². The zero-order valence-corrected chi connectivity index (χ0v) is 17.1. The van der Waals surface area contributed by atoms with Crippen molar-refractivity contribution in [1.82, 2.24) is 14.8 Å². The van der Waals surface area contributed by atoms with Crippen LogP contribution in [0.4, 0.5) is 10.6 Å². The van der Waals surface area contributed by atoms with E-state index in [9.17, 15) is 4.79 Å². The van der Waals surface area contributed by atoms with Gasteiger partial charge in [-0.15, -0.1) is 0 Å². The van der Waals surface area contributed by atoms with Crippen molar-refractivity contribution in [2.45, 2.75) is 18.9 Å². The Hall–Kier alpha value is -2.80. The van der Waals surface area contributed by atoms with Crippen LogP contribution < -0.4 is 5.32 Å². The maximum Gasteiger partial charge on any atom is 0.323 e. The Morgan fingerprint density at radius 3 is 3.03 bits per heavy atom. The standard InChI is InChI=1S/C22H23N5OS.H2/c1-14(29-15(2)23)16-3-4-17-12-24-20(10-18(17)9-16)25-21(28)26-7-8-27-6-5-19-11-22(19,27)13-26;/h3-6,9-10,12,19,23H,1,7-8,11,13H2,2H3,(H,24,25,28);1H. The SMILES string of the molecule is C=C(SC(C)=N)c1ccc2cnc(NC(=O)N3CCN4C=CC5CC54C3)cc2c1.[HH]. The summed E-state index contributed by atoms with van der Waals surface area (Å²) in [5, 5.41) is 13.1. The summed E-state index contributed by atoms with van der Waals surface area (Å²) in [4.78, 5) is 22.4. The van der Waals surface area contributed by atoms with Gasteiger partial charge in [0, 0.05) is 43.5 Å². The lowest BCUT2D eigenvalue weighted by Crippen LogP contribution is -2.55. The van der Waals surface area contributed by atoms with Crippen LogP contribution in [0.2, 0.25) is 0 Å². The van der Waals surface area contributed by atoms with Crippen LogP contribution in [-0.4, -0.2) is 51.0 Å². The molecular formula is C22H25N5OS. The van der Waals surface area contributed by atoms with Gasteiger partial charge in [0.1, 0.15) is 5.82 Å². The van der Waals surface area contributed by atoms with E-state index < -0.39 is 0 Å². The van der Waals surface area contributed by atoms with Gasteiger partial charge in [-0.25, -0.2) is 9.78 Å². The number of carbonyl (C=O) groups excluding carboxylic acids is 1. The molecule has 2 aromatic rings. The highest BCUT2D eigenvalue weighted by molar-refractivity contribution is 8.21. The lowest BCUT2D eigenvalue weighted by atomic mass is 10.1. The molecule has 3 aliphatic rings. The Bertz CT molecular complexity index is 1090. The molecule has 1 saturated heterocycles. The summed E-state index contributed by atoms with van der Waals surface area (Å²) < 4.78 is 0.